The number of ether oxygens (including phenoxy) is 1. The third-order valence-corrected chi connectivity index (χ3v) is 4.68. The Morgan fingerprint density at radius 3 is 2.93 bits per heavy atom. The first-order valence-corrected chi connectivity index (χ1v) is 8.79. The summed E-state index contributed by atoms with van der Waals surface area (Å²) in [5.74, 6) is 0.449. The van der Waals surface area contributed by atoms with Gasteiger partial charge in [-0.2, -0.15) is 0 Å². The van der Waals surface area contributed by atoms with Gasteiger partial charge < -0.3 is 24.7 Å². The minimum Gasteiger partial charge on any atom is -0.503 e. The van der Waals surface area contributed by atoms with Crippen LogP contribution in [0.2, 0.25) is 0 Å². The Morgan fingerprint density at radius 1 is 1.33 bits per heavy atom. The van der Waals surface area contributed by atoms with Gasteiger partial charge in [-0.05, 0) is 37.1 Å². The van der Waals surface area contributed by atoms with Gasteiger partial charge in [-0.1, -0.05) is 0 Å². The molecule has 0 bridgehead atoms. The summed E-state index contributed by atoms with van der Waals surface area (Å²) < 4.78 is 6.96. The van der Waals surface area contributed by atoms with E-state index >= 15 is 0 Å². The molecule has 2 aromatic heterocycles. The number of carbonyl (C=O) groups excluding carboxylic acids is 1. The summed E-state index contributed by atoms with van der Waals surface area (Å²) in [6.45, 7) is 2.58. The number of aromatic hydroxyl groups is 1. The van der Waals surface area contributed by atoms with E-state index < -0.39 is 5.43 Å². The van der Waals surface area contributed by atoms with Crippen molar-refractivity contribution in [2.24, 2.45) is 0 Å². The number of methoxy groups -OCH3 is 1. The van der Waals surface area contributed by atoms with Crippen LogP contribution in [-0.2, 0) is 17.8 Å². The van der Waals surface area contributed by atoms with Gasteiger partial charge >= 0.3 is 0 Å². The van der Waals surface area contributed by atoms with E-state index in [1.54, 1.807) is 24.8 Å². The summed E-state index contributed by atoms with van der Waals surface area (Å²) >= 11 is 0. The number of nitrogens with one attached hydrogen (secondary N) is 2. The molecular weight excluding hydrogens is 346 g/mol. The normalized spacial score (nSPS) is 10.9. The van der Waals surface area contributed by atoms with Crippen molar-refractivity contribution in [2.45, 2.75) is 26.3 Å². The lowest BCUT2D eigenvalue weighted by Gasteiger charge is -2.11. The Labute approximate surface area is 156 Å². The fourth-order valence-corrected chi connectivity index (χ4v) is 3.04. The lowest BCUT2D eigenvalue weighted by molar-refractivity contribution is -0.121. The lowest BCUT2D eigenvalue weighted by atomic mass is 10.1. The van der Waals surface area contributed by atoms with Crippen molar-refractivity contribution in [1.29, 1.82) is 0 Å². The minimum absolute atomic E-state index is 0.0787. The molecule has 2 heterocycles. The third-order valence-electron chi connectivity index (χ3n) is 4.68. The average molecular weight is 369 g/mol. The molecule has 0 saturated carbocycles. The number of rotatable bonds is 7. The molecule has 0 aliphatic heterocycles. The number of aromatic nitrogens is 2. The van der Waals surface area contributed by atoms with Gasteiger partial charge in [-0.3, -0.25) is 9.59 Å². The molecule has 1 amide bonds. The molecule has 3 rings (SSSR count). The van der Waals surface area contributed by atoms with Crippen LogP contribution in [0.4, 0.5) is 0 Å². The first kappa shape index (κ1) is 18.6. The largest absolute Gasteiger partial charge is 0.503 e. The SMILES string of the molecule is COc1ccc2[nH]cc(CCNC(=O)CCn3ccc(=O)c(O)c3C)c2c1. The van der Waals surface area contributed by atoms with Gasteiger partial charge in [0.15, 0.2) is 5.75 Å². The van der Waals surface area contributed by atoms with Gasteiger partial charge in [0.1, 0.15) is 5.75 Å². The van der Waals surface area contributed by atoms with E-state index in [0.717, 1.165) is 22.2 Å². The Kier molecular flexibility index (Phi) is 5.49. The van der Waals surface area contributed by atoms with E-state index in [2.05, 4.69) is 10.3 Å². The predicted molar refractivity (Wildman–Crippen MR) is 103 cm³/mol. The lowest BCUT2D eigenvalue weighted by Crippen LogP contribution is -2.27. The minimum atomic E-state index is -0.413. The van der Waals surface area contributed by atoms with Crippen molar-refractivity contribution in [3.63, 3.8) is 0 Å². The number of hydrogen-bond acceptors (Lipinski definition) is 4. The molecule has 0 fully saturated rings. The number of hydrogen-bond donors (Lipinski definition) is 3. The van der Waals surface area contributed by atoms with Crippen LogP contribution < -0.4 is 15.5 Å². The fourth-order valence-electron chi connectivity index (χ4n) is 3.04. The Morgan fingerprint density at radius 2 is 2.15 bits per heavy atom. The van der Waals surface area contributed by atoms with E-state index in [1.807, 2.05) is 24.4 Å². The number of aromatic amines is 1. The van der Waals surface area contributed by atoms with Gasteiger partial charge in [0.2, 0.25) is 11.3 Å². The van der Waals surface area contributed by atoms with E-state index in [0.29, 0.717) is 25.2 Å². The van der Waals surface area contributed by atoms with Crippen LogP contribution in [0.3, 0.4) is 0 Å². The summed E-state index contributed by atoms with van der Waals surface area (Å²) in [6.07, 6.45) is 4.51. The number of nitrogens with zero attached hydrogens (tertiary/aromatic N) is 1. The van der Waals surface area contributed by atoms with E-state index in [1.165, 1.54) is 6.07 Å². The van der Waals surface area contributed by atoms with Crippen LogP contribution >= 0.6 is 0 Å². The quantitative estimate of drug-likeness (QED) is 0.594. The number of carbonyl (C=O) groups is 1. The second-order valence-electron chi connectivity index (χ2n) is 6.38. The second-order valence-corrected chi connectivity index (χ2v) is 6.38. The van der Waals surface area contributed by atoms with E-state index in [9.17, 15) is 14.7 Å². The first-order chi connectivity index (χ1) is 13.0. The smallest absolute Gasteiger partial charge is 0.223 e. The molecule has 0 spiro atoms. The predicted octanol–water partition coefficient (Wildman–Crippen LogP) is 2.10. The molecule has 0 unspecified atom stereocenters. The maximum atomic E-state index is 12.1. The first-order valence-electron chi connectivity index (χ1n) is 8.79. The third kappa shape index (κ3) is 4.13. The summed E-state index contributed by atoms with van der Waals surface area (Å²) in [5.41, 5.74) is 2.20. The number of fused-ring (bicyclic) bond motifs is 1. The maximum absolute atomic E-state index is 12.1. The Bertz CT molecular complexity index is 1020. The molecule has 0 atom stereocenters. The molecule has 0 aliphatic rings. The standard InChI is InChI=1S/C20H23N3O4/c1-13-20(26)18(24)6-9-23(13)10-7-19(25)21-8-5-14-12-22-17-4-3-15(27-2)11-16(14)17/h3-4,6,9,11-12,22,26H,5,7-8,10H2,1-2H3,(H,21,25). The van der Waals surface area contributed by atoms with Crippen molar-refractivity contribution in [3.8, 4) is 11.5 Å². The summed E-state index contributed by atoms with van der Waals surface area (Å²) in [6, 6.07) is 7.15. The number of H-pyrrole nitrogens is 1. The van der Waals surface area contributed by atoms with Gasteiger partial charge in [0.05, 0.1) is 12.8 Å². The topological polar surface area (TPSA) is 96.4 Å². The number of amides is 1. The molecule has 0 aliphatic carbocycles. The monoisotopic (exact) mass is 369 g/mol. The molecule has 27 heavy (non-hydrogen) atoms. The number of benzene rings is 1. The van der Waals surface area contributed by atoms with Crippen LogP contribution in [0, 0.1) is 6.92 Å². The van der Waals surface area contributed by atoms with E-state index in [-0.39, 0.29) is 18.1 Å². The van der Waals surface area contributed by atoms with Crippen molar-refractivity contribution < 1.29 is 14.6 Å². The van der Waals surface area contributed by atoms with Crippen LogP contribution in [0.25, 0.3) is 10.9 Å². The summed E-state index contributed by atoms with van der Waals surface area (Å²) in [4.78, 5) is 26.7. The zero-order valence-electron chi connectivity index (χ0n) is 15.4. The molecule has 142 valence electrons. The number of aryl methyl sites for hydroxylation is 1. The maximum Gasteiger partial charge on any atom is 0.223 e. The molecule has 1 aromatic carbocycles. The highest BCUT2D eigenvalue weighted by molar-refractivity contribution is 5.84. The van der Waals surface area contributed by atoms with Crippen molar-refractivity contribution in [3.05, 3.63) is 58.1 Å². The second kappa shape index (κ2) is 7.99. The van der Waals surface area contributed by atoms with E-state index in [4.69, 9.17) is 4.74 Å². The zero-order valence-corrected chi connectivity index (χ0v) is 15.4. The van der Waals surface area contributed by atoms with Crippen molar-refractivity contribution >= 4 is 16.8 Å². The summed E-state index contributed by atoms with van der Waals surface area (Å²) in [5, 5.41) is 13.7. The highest BCUT2D eigenvalue weighted by Gasteiger charge is 2.09. The molecule has 7 nitrogen and oxygen atoms in total. The highest BCUT2D eigenvalue weighted by Crippen LogP contribution is 2.23. The van der Waals surface area contributed by atoms with Crippen LogP contribution in [0.1, 0.15) is 17.7 Å². The van der Waals surface area contributed by atoms with Crippen LogP contribution in [0.5, 0.6) is 11.5 Å². The Hall–Kier alpha value is -3.22. The molecule has 7 heteroatoms. The van der Waals surface area contributed by atoms with Gasteiger partial charge in [0, 0.05) is 48.9 Å². The molecule has 0 radical (unpaired) electrons. The van der Waals surface area contributed by atoms with Crippen LogP contribution in [0.15, 0.2) is 41.5 Å². The van der Waals surface area contributed by atoms with Crippen LogP contribution in [-0.4, -0.2) is 34.2 Å². The van der Waals surface area contributed by atoms with Gasteiger partial charge in [0.25, 0.3) is 0 Å². The molecule has 3 aromatic rings. The van der Waals surface area contributed by atoms with Crippen molar-refractivity contribution in [1.82, 2.24) is 14.9 Å². The highest BCUT2D eigenvalue weighted by atomic mass is 16.5. The molecule has 0 saturated heterocycles. The zero-order chi connectivity index (χ0) is 19.4. The Balaban J connectivity index is 1.53. The van der Waals surface area contributed by atoms with Gasteiger partial charge in [-0.25, -0.2) is 0 Å². The van der Waals surface area contributed by atoms with Crippen molar-refractivity contribution in [2.75, 3.05) is 13.7 Å². The molecule has 3 N–H and O–H groups in total. The van der Waals surface area contributed by atoms with Gasteiger partial charge in [-0.15, -0.1) is 0 Å². The molecular formula is C20H23N3O4. The summed E-state index contributed by atoms with van der Waals surface area (Å²) in [7, 11) is 1.64. The number of pyridine rings is 1. The fraction of sp³-hybridized carbons (Fsp3) is 0.300. The average Bonchev–Trinajstić information content (AvgIpc) is 3.07.